The van der Waals surface area contributed by atoms with Crippen molar-refractivity contribution in [3.05, 3.63) is 35.9 Å². The highest BCUT2D eigenvalue weighted by atomic mass is 16.7. The highest BCUT2D eigenvalue weighted by molar-refractivity contribution is 5.79. The lowest BCUT2D eigenvalue weighted by atomic mass is 10.1. The molecular formula is C19H27NO4. The normalized spacial score (nSPS) is 20.7. The molecule has 0 aromatic heterocycles. The van der Waals surface area contributed by atoms with Gasteiger partial charge in [-0.25, -0.2) is 0 Å². The molecule has 0 amide bonds. The van der Waals surface area contributed by atoms with Crippen molar-refractivity contribution in [3.8, 4) is 0 Å². The Balaban J connectivity index is 1.99. The number of nitrogens with zero attached hydrogens (tertiary/aromatic N) is 1. The van der Waals surface area contributed by atoms with Gasteiger partial charge in [-0.15, -0.1) is 0 Å². The molecule has 5 nitrogen and oxygen atoms in total. The Morgan fingerprint density at radius 2 is 2.17 bits per heavy atom. The van der Waals surface area contributed by atoms with E-state index in [1.54, 1.807) is 6.21 Å². The standard InChI is InChI=1S/C19H27NO4/c1-3-22-19(21)15(2)13-17(24-18-11-7-8-12-23-18)20-14-16-9-5-4-6-10-16/h4-6,9-10,14-15,17-18H,3,7-8,11-13H2,1-2H3/b20-14+. The summed E-state index contributed by atoms with van der Waals surface area (Å²) in [6.45, 7) is 4.75. The molecule has 2 rings (SSSR count). The number of benzene rings is 1. The number of hydrogen-bond acceptors (Lipinski definition) is 5. The molecule has 0 spiro atoms. The van der Waals surface area contributed by atoms with Gasteiger partial charge in [0.15, 0.2) is 12.5 Å². The van der Waals surface area contributed by atoms with Crippen LogP contribution in [0.25, 0.3) is 0 Å². The fourth-order valence-electron chi connectivity index (χ4n) is 2.54. The van der Waals surface area contributed by atoms with Crippen LogP contribution in [0, 0.1) is 5.92 Å². The molecule has 0 radical (unpaired) electrons. The van der Waals surface area contributed by atoms with Gasteiger partial charge in [-0.2, -0.15) is 0 Å². The molecule has 132 valence electrons. The number of hydrogen-bond donors (Lipinski definition) is 0. The molecule has 1 aliphatic rings. The zero-order valence-corrected chi connectivity index (χ0v) is 14.5. The van der Waals surface area contributed by atoms with E-state index in [4.69, 9.17) is 14.2 Å². The van der Waals surface area contributed by atoms with E-state index >= 15 is 0 Å². The number of rotatable bonds is 8. The van der Waals surface area contributed by atoms with Crippen molar-refractivity contribution in [1.82, 2.24) is 0 Å². The second-order valence-corrected chi connectivity index (χ2v) is 5.96. The van der Waals surface area contributed by atoms with E-state index in [-0.39, 0.29) is 18.2 Å². The average Bonchev–Trinajstić information content (AvgIpc) is 2.61. The van der Waals surface area contributed by atoms with Crippen molar-refractivity contribution in [3.63, 3.8) is 0 Å². The zero-order chi connectivity index (χ0) is 17.2. The average molecular weight is 333 g/mol. The van der Waals surface area contributed by atoms with Crippen molar-refractivity contribution >= 4 is 12.2 Å². The third-order valence-electron chi connectivity index (χ3n) is 3.88. The van der Waals surface area contributed by atoms with E-state index in [0.29, 0.717) is 19.6 Å². The Bertz CT molecular complexity index is 511. The molecule has 1 fully saturated rings. The maximum absolute atomic E-state index is 11.9. The third-order valence-corrected chi connectivity index (χ3v) is 3.88. The Hall–Kier alpha value is -1.72. The van der Waals surface area contributed by atoms with Gasteiger partial charge in [0.2, 0.25) is 0 Å². The van der Waals surface area contributed by atoms with Crippen LogP contribution in [-0.4, -0.2) is 37.9 Å². The van der Waals surface area contributed by atoms with Crippen molar-refractivity contribution in [1.29, 1.82) is 0 Å². The van der Waals surface area contributed by atoms with Crippen LogP contribution in [0.2, 0.25) is 0 Å². The second-order valence-electron chi connectivity index (χ2n) is 5.96. The first-order valence-electron chi connectivity index (χ1n) is 8.71. The van der Waals surface area contributed by atoms with E-state index in [1.807, 2.05) is 44.2 Å². The Morgan fingerprint density at radius 3 is 2.83 bits per heavy atom. The van der Waals surface area contributed by atoms with Crippen LogP contribution in [-0.2, 0) is 19.0 Å². The van der Waals surface area contributed by atoms with Crippen molar-refractivity contribution < 1.29 is 19.0 Å². The Kier molecular flexibility index (Phi) is 7.92. The summed E-state index contributed by atoms with van der Waals surface area (Å²) in [7, 11) is 0. The maximum Gasteiger partial charge on any atom is 0.308 e. The first-order chi connectivity index (χ1) is 11.7. The minimum absolute atomic E-state index is 0.217. The predicted molar refractivity (Wildman–Crippen MR) is 92.9 cm³/mol. The van der Waals surface area contributed by atoms with Gasteiger partial charge in [-0.3, -0.25) is 9.79 Å². The zero-order valence-electron chi connectivity index (χ0n) is 14.5. The van der Waals surface area contributed by atoms with Crippen LogP contribution in [0.4, 0.5) is 0 Å². The van der Waals surface area contributed by atoms with Crippen molar-refractivity contribution in [2.75, 3.05) is 13.2 Å². The molecule has 0 bridgehead atoms. The topological polar surface area (TPSA) is 57.1 Å². The summed E-state index contributed by atoms with van der Waals surface area (Å²) >= 11 is 0. The summed E-state index contributed by atoms with van der Waals surface area (Å²) in [5.74, 6) is -0.489. The van der Waals surface area contributed by atoms with Crippen LogP contribution in [0.15, 0.2) is 35.3 Å². The van der Waals surface area contributed by atoms with Gasteiger partial charge in [0.25, 0.3) is 0 Å². The second kappa shape index (κ2) is 10.2. The molecule has 1 heterocycles. The lowest BCUT2D eigenvalue weighted by Gasteiger charge is -2.27. The fourth-order valence-corrected chi connectivity index (χ4v) is 2.54. The van der Waals surface area contributed by atoms with Crippen LogP contribution in [0.5, 0.6) is 0 Å². The lowest BCUT2D eigenvalue weighted by molar-refractivity contribution is -0.190. The minimum Gasteiger partial charge on any atom is -0.466 e. The van der Waals surface area contributed by atoms with Gasteiger partial charge in [0.05, 0.1) is 12.5 Å². The van der Waals surface area contributed by atoms with E-state index < -0.39 is 6.23 Å². The van der Waals surface area contributed by atoms with Crippen LogP contribution >= 0.6 is 0 Å². The van der Waals surface area contributed by atoms with Gasteiger partial charge in [-0.05, 0) is 31.7 Å². The van der Waals surface area contributed by atoms with Gasteiger partial charge in [0.1, 0.15) is 0 Å². The first-order valence-corrected chi connectivity index (χ1v) is 8.71. The molecule has 1 saturated heterocycles. The number of esters is 1. The smallest absolute Gasteiger partial charge is 0.308 e. The van der Waals surface area contributed by atoms with E-state index in [1.165, 1.54) is 0 Å². The van der Waals surface area contributed by atoms with Crippen molar-refractivity contribution in [2.45, 2.75) is 52.0 Å². The molecule has 0 N–H and O–H groups in total. The highest BCUT2D eigenvalue weighted by Gasteiger charge is 2.24. The molecule has 24 heavy (non-hydrogen) atoms. The maximum atomic E-state index is 11.9. The summed E-state index contributed by atoms with van der Waals surface area (Å²) < 4.78 is 16.7. The molecule has 1 aromatic carbocycles. The van der Waals surface area contributed by atoms with E-state index in [2.05, 4.69) is 4.99 Å². The van der Waals surface area contributed by atoms with E-state index in [0.717, 1.165) is 24.8 Å². The largest absolute Gasteiger partial charge is 0.466 e. The summed E-state index contributed by atoms with van der Waals surface area (Å²) in [6.07, 6.45) is 4.61. The molecule has 1 aliphatic heterocycles. The number of aliphatic imine (C=N–C) groups is 1. The Labute approximate surface area is 144 Å². The summed E-state index contributed by atoms with van der Waals surface area (Å²) in [6, 6.07) is 9.84. The van der Waals surface area contributed by atoms with Crippen LogP contribution in [0.1, 0.15) is 45.1 Å². The molecule has 1 aromatic rings. The van der Waals surface area contributed by atoms with Gasteiger partial charge >= 0.3 is 5.97 Å². The molecule has 3 atom stereocenters. The molecule has 5 heteroatoms. The van der Waals surface area contributed by atoms with Crippen molar-refractivity contribution in [2.24, 2.45) is 10.9 Å². The monoisotopic (exact) mass is 333 g/mol. The number of ether oxygens (including phenoxy) is 3. The van der Waals surface area contributed by atoms with Gasteiger partial charge in [-0.1, -0.05) is 37.3 Å². The molecule has 0 saturated carbocycles. The fraction of sp³-hybridized carbons (Fsp3) is 0.579. The summed E-state index contributed by atoms with van der Waals surface area (Å²) in [5, 5.41) is 0. The minimum atomic E-state index is -0.423. The lowest BCUT2D eigenvalue weighted by Crippen LogP contribution is -2.29. The summed E-state index contributed by atoms with van der Waals surface area (Å²) in [5.41, 5.74) is 0.999. The number of carbonyl (C=O) groups excluding carboxylic acids is 1. The molecular weight excluding hydrogens is 306 g/mol. The molecule has 3 unspecified atom stereocenters. The van der Waals surface area contributed by atoms with Crippen LogP contribution < -0.4 is 0 Å². The van der Waals surface area contributed by atoms with E-state index in [9.17, 15) is 4.79 Å². The third kappa shape index (κ3) is 6.42. The highest BCUT2D eigenvalue weighted by Crippen LogP contribution is 2.20. The molecule has 0 aliphatic carbocycles. The number of carbonyl (C=O) groups is 1. The van der Waals surface area contributed by atoms with Gasteiger partial charge < -0.3 is 14.2 Å². The quantitative estimate of drug-likeness (QED) is 0.539. The van der Waals surface area contributed by atoms with Gasteiger partial charge in [0, 0.05) is 19.2 Å². The SMILES string of the molecule is CCOC(=O)C(C)CC(/N=C/c1ccccc1)OC1CCCCO1. The first kappa shape index (κ1) is 18.6. The summed E-state index contributed by atoms with van der Waals surface area (Å²) in [4.78, 5) is 16.4. The van der Waals surface area contributed by atoms with Crippen LogP contribution in [0.3, 0.4) is 0 Å². The Morgan fingerprint density at radius 1 is 1.38 bits per heavy atom. The predicted octanol–water partition coefficient (Wildman–Crippen LogP) is 3.56.